The molecule has 0 bridgehead atoms. The van der Waals surface area contributed by atoms with Crippen LogP contribution in [-0.2, 0) is 6.42 Å². The second-order valence-corrected chi connectivity index (χ2v) is 6.35. The van der Waals surface area contributed by atoms with Crippen LogP contribution in [0.1, 0.15) is 45.5 Å². The summed E-state index contributed by atoms with van der Waals surface area (Å²) in [5.74, 6) is 1.70. The number of nitrogens with zero attached hydrogens (tertiary/aromatic N) is 3. The predicted molar refractivity (Wildman–Crippen MR) is 76.2 cm³/mol. The summed E-state index contributed by atoms with van der Waals surface area (Å²) in [6, 6.07) is -0.0548. The largest absolute Gasteiger partial charge is 0.424 e. The molecule has 1 rings (SSSR count). The molecule has 0 aliphatic carbocycles. The van der Waals surface area contributed by atoms with E-state index >= 15 is 0 Å². The van der Waals surface area contributed by atoms with Gasteiger partial charge in [-0.2, -0.15) is 0 Å². The van der Waals surface area contributed by atoms with E-state index in [2.05, 4.69) is 24.0 Å². The van der Waals surface area contributed by atoms with E-state index in [-0.39, 0.29) is 19.3 Å². The summed E-state index contributed by atoms with van der Waals surface area (Å²) < 4.78 is 5.67. The molecule has 0 saturated carbocycles. The average Bonchev–Trinajstić information content (AvgIpc) is 2.85. The summed E-state index contributed by atoms with van der Waals surface area (Å²) in [5, 5.41) is 26.8. The molecule has 0 spiro atoms. The summed E-state index contributed by atoms with van der Waals surface area (Å²) >= 11 is 0. The number of aromatic nitrogens is 2. The van der Waals surface area contributed by atoms with Gasteiger partial charge in [0.05, 0.1) is 19.3 Å². The van der Waals surface area contributed by atoms with Gasteiger partial charge >= 0.3 is 0 Å². The molecule has 1 atom stereocenters. The smallest absolute Gasteiger partial charge is 0.233 e. The third-order valence-corrected chi connectivity index (χ3v) is 3.48. The summed E-state index contributed by atoms with van der Waals surface area (Å²) in [6.07, 6.45) is 0.772. The topological polar surface area (TPSA) is 82.6 Å². The van der Waals surface area contributed by atoms with Gasteiger partial charge in [0.1, 0.15) is 0 Å². The molecule has 0 saturated heterocycles. The minimum absolute atomic E-state index is 0.0548. The number of aliphatic hydroxyl groups excluding tert-OH is 2. The fourth-order valence-corrected chi connectivity index (χ4v) is 1.94. The second kappa shape index (κ2) is 7.15. The third-order valence-electron chi connectivity index (χ3n) is 3.48. The minimum Gasteiger partial charge on any atom is -0.424 e. The Morgan fingerprint density at radius 1 is 1.20 bits per heavy atom. The van der Waals surface area contributed by atoms with Gasteiger partial charge in [-0.1, -0.05) is 20.8 Å². The van der Waals surface area contributed by atoms with Crippen molar-refractivity contribution in [2.75, 3.05) is 26.8 Å². The summed E-state index contributed by atoms with van der Waals surface area (Å²) in [4.78, 5) is 2.00. The van der Waals surface area contributed by atoms with Crippen LogP contribution in [-0.4, -0.2) is 52.1 Å². The second-order valence-electron chi connectivity index (χ2n) is 6.35. The Morgan fingerprint density at radius 2 is 1.80 bits per heavy atom. The van der Waals surface area contributed by atoms with Gasteiger partial charge in [-0.3, -0.25) is 4.90 Å². The van der Waals surface area contributed by atoms with Gasteiger partial charge in [-0.25, -0.2) is 0 Å². The zero-order chi connectivity index (χ0) is 15.3. The quantitative estimate of drug-likeness (QED) is 0.748. The highest BCUT2D eigenvalue weighted by Gasteiger charge is 2.28. The van der Waals surface area contributed by atoms with Gasteiger partial charge in [0.25, 0.3) is 0 Å². The number of hydrogen-bond acceptors (Lipinski definition) is 6. The van der Waals surface area contributed by atoms with E-state index in [1.807, 2.05) is 25.8 Å². The predicted octanol–water partition coefficient (Wildman–Crippen LogP) is 1.25. The molecule has 116 valence electrons. The van der Waals surface area contributed by atoms with Crippen molar-refractivity contribution in [2.24, 2.45) is 11.3 Å². The molecule has 2 N–H and O–H groups in total. The summed E-state index contributed by atoms with van der Waals surface area (Å²) in [5.41, 5.74) is -0.538. The lowest BCUT2D eigenvalue weighted by Gasteiger charge is -2.32. The average molecular weight is 285 g/mol. The third kappa shape index (κ3) is 4.54. The Labute approximate surface area is 120 Å². The first-order valence-electron chi connectivity index (χ1n) is 7.05. The normalized spacial score (nSPS) is 14.2. The molecule has 1 unspecified atom stereocenters. The van der Waals surface area contributed by atoms with E-state index in [9.17, 15) is 10.2 Å². The van der Waals surface area contributed by atoms with Crippen molar-refractivity contribution >= 4 is 0 Å². The minimum atomic E-state index is -0.538. The maximum atomic E-state index is 9.35. The van der Waals surface area contributed by atoms with Gasteiger partial charge in [0.2, 0.25) is 11.8 Å². The zero-order valence-electron chi connectivity index (χ0n) is 13.1. The lowest BCUT2D eigenvalue weighted by Crippen LogP contribution is -2.40. The Morgan fingerprint density at radius 3 is 2.30 bits per heavy atom. The Bertz CT molecular complexity index is 402. The van der Waals surface area contributed by atoms with Crippen LogP contribution in [0.3, 0.4) is 0 Å². The fraction of sp³-hybridized carbons (Fsp3) is 0.857. The van der Waals surface area contributed by atoms with Crippen molar-refractivity contribution in [2.45, 2.75) is 40.2 Å². The van der Waals surface area contributed by atoms with E-state index < -0.39 is 5.41 Å². The SMILES string of the molecule is CC(C)Cc1nnc(C(C)N(C)CC(C)(CO)CO)o1. The Kier molecular flexibility index (Phi) is 6.10. The molecule has 0 aromatic carbocycles. The summed E-state index contributed by atoms with van der Waals surface area (Å²) in [6.45, 7) is 8.44. The molecule has 0 aliphatic rings. The Hall–Kier alpha value is -0.980. The fourth-order valence-electron chi connectivity index (χ4n) is 1.94. The molecule has 0 fully saturated rings. The highest BCUT2D eigenvalue weighted by Crippen LogP contribution is 2.23. The van der Waals surface area contributed by atoms with Crippen molar-refractivity contribution in [1.29, 1.82) is 0 Å². The highest BCUT2D eigenvalue weighted by atomic mass is 16.4. The first-order chi connectivity index (χ1) is 9.31. The van der Waals surface area contributed by atoms with Crippen molar-refractivity contribution in [3.63, 3.8) is 0 Å². The first-order valence-corrected chi connectivity index (χ1v) is 7.05. The van der Waals surface area contributed by atoms with Crippen LogP contribution in [0.15, 0.2) is 4.42 Å². The van der Waals surface area contributed by atoms with Crippen molar-refractivity contribution in [3.8, 4) is 0 Å². The molecule has 0 aliphatic heterocycles. The molecular weight excluding hydrogens is 258 g/mol. The first kappa shape index (κ1) is 17.1. The lowest BCUT2D eigenvalue weighted by atomic mass is 9.92. The lowest BCUT2D eigenvalue weighted by molar-refractivity contribution is 0.0293. The number of aliphatic hydroxyl groups is 2. The number of hydrogen-bond donors (Lipinski definition) is 2. The zero-order valence-corrected chi connectivity index (χ0v) is 13.1. The molecule has 20 heavy (non-hydrogen) atoms. The Balaban J connectivity index is 2.69. The van der Waals surface area contributed by atoms with E-state index in [4.69, 9.17) is 4.42 Å². The van der Waals surface area contributed by atoms with Crippen molar-refractivity contribution < 1.29 is 14.6 Å². The van der Waals surface area contributed by atoms with Crippen molar-refractivity contribution in [1.82, 2.24) is 15.1 Å². The van der Waals surface area contributed by atoms with E-state index in [1.165, 1.54) is 0 Å². The molecule has 6 heteroatoms. The van der Waals surface area contributed by atoms with Crippen LogP contribution in [0.25, 0.3) is 0 Å². The molecule has 0 radical (unpaired) electrons. The van der Waals surface area contributed by atoms with Gasteiger partial charge in [-0.15, -0.1) is 10.2 Å². The van der Waals surface area contributed by atoms with Gasteiger partial charge in [0.15, 0.2) is 0 Å². The van der Waals surface area contributed by atoms with E-state index in [0.29, 0.717) is 24.2 Å². The standard InChI is InChI=1S/C14H27N3O3/c1-10(2)6-12-15-16-13(20-12)11(3)17(5)7-14(4,8-18)9-19/h10-11,18-19H,6-9H2,1-5H3. The van der Waals surface area contributed by atoms with Gasteiger partial charge < -0.3 is 14.6 Å². The molecule has 6 nitrogen and oxygen atoms in total. The number of rotatable bonds is 8. The molecular formula is C14H27N3O3. The molecule has 0 amide bonds. The maximum absolute atomic E-state index is 9.35. The monoisotopic (exact) mass is 285 g/mol. The van der Waals surface area contributed by atoms with Crippen molar-refractivity contribution in [3.05, 3.63) is 11.8 Å². The van der Waals surface area contributed by atoms with Crippen LogP contribution in [0.4, 0.5) is 0 Å². The van der Waals surface area contributed by atoms with Crippen LogP contribution in [0.5, 0.6) is 0 Å². The molecule has 1 heterocycles. The van der Waals surface area contributed by atoms with Gasteiger partial charge in [-0.05, 0) is 19.9 Å². The maximum Gasteiger partial charge on any atom is 0.233 e. The molecule has 1 aromatic rings. The van der Waals surface area contributed by atoms with E-state index in [0.717, 1.165) is 6.42 Å². The summed E-state index contributed by atoms with van der Waals surface area (Å²) in [7, 11) is 1.92. The van der Waals surface area contributed by atoms with Crippen LogP contribution in [0.2, 0.25) is 0 Å². The highest BCUT2D eigenvalue weighted by molar-refractivity contribution is 4.91. The molecule has 1 aromatic heterocycles. The van der Waals surface area contributed by atoms with Crippen LogP contribution in [0, 0.1) is 11.3 Å². The van der Waals surface area contributed by atoms with Crippen LogP contribution < -0.4 is 0 Å². The van der Waals surface area contributed by atoms with Gasteiger partial charge in [0, 0.05) is 18.4 Å². The van der Waals surface area contributed by atoms with E-state index in [1.54, 1.807) is 0 Å². The van der Waals surface area contributed by atoms with Crippen LogP contribution >= 0.6 is 0 Å².